The van der Waals surface area contributed by atoms with Gasteiger partial charge in [0.1, 0.15) is 0 Å². The predicted molar refractivity (Wildman–Crippen MR) is 52.0 cm³/mol. The first kappa shape index (κ1) is 9.67. The number of nitrogen functional groups attached to an aromatic ring is 1. The van der Waals surface area contributed by atoms with Gasteiger partial charge in [-0.1, -0.05) is 6.07 Å². The number of hydrogen-bond donors (Lipinski definition) is 2. The summed E-state index contributed by atoms with van der Waals surface area (Å²) in [4.78, 5) is 0. The number of anilines is 1. The van der Waals surface area contributed by atoms with E-state index in [1.165, 1.54) is 0 Å². The zero-order valence-electron chi connectivity index (χ0n) is 7.83. The van der Waals surface area contributed by atoms with Crippen LogP contribution in [-0.2, 0) is 0 Å². The van der Waals surface area contributed by atoms with Crippen LogP contribution in [0.25, 0.3) is 0 Å². The van der Waals surface area contributed by atoms with Crippen LogP contribution < -0.4 is 20.7 Å². The average molecular weight is 182 g/mol. The highest BCUT2D eigenvalue weighted by atomic mass is 16.5. The fourth-order valence-corrected chi connectivity index (χ4v) is 1.11. The molecule has 0 heterocycles. The lowest BCUT2D eigenvalue weighted by atomic mass is 10.3. The van der Waals surface area contributed by atoms with E-state index in [2.05, 4.69) is 5.43 Å². The number of nitrogens with two attached hydrogens (primary N) is 1. The van der Waals surface area contributed by atoms with E-state index < -0.39 is 0 Å². The molecule has 13 heavy (non-hydrogen) atoms. The smallest absolute Gasteiger partial charge is 0.185 e. The molecule has 4 nitrogen and oxygen atoms in total. The molecule has 0 bridgehead atoms. The maximum atomic E-state index is 5.35. The molecule has 0 amide bonds. The largest absolute Gasteiger partial charge is 0.491 e. The molecule has 0 saturated heterocycles. The van der Waals surface area contributed by atoms with Gasteiger partial charge in [0.25, 0.3) is 0 Å². The summed E-state index contributed by atoms with van der Waals surface area (Å²) in [5.41, 5.74) is 3.26. The third-order valence-electron chi connectivity index (χ3n) is 1.64. The topological polar surface area (TPSA) is 56.5 Å². The summed E-state index contributed by atoms with van der Waals surface area (Å²) in [6.07, 6.45) is 0. The Bertz CT molecular complexity index is 276. The summed E-state index contributed by atoms with van der Waals surface area (Å²) in [5, 5.41) is 0. The first-order valence-electron chi connectivity index (χ1n) is 4.09. The van der Waals surface area contributed by atoms with Crippen LogP contribution in [0.15, 0.2) is 18.2 Å². The van der Waals surface area contributed by atoms with E-state index in [1.807, 2.05) is 25.1 Å². The summed E-state index contributed by atoms with van der Waals surface area (Å²) >= 11 is 0. The van der Waals surface area contributed by atoms with Crippen molar-refractivity contribution in [3.05, 3.63) is 18.2 Å². The van der Waals surface area contributed by atoms with Crippen LogP contribution in [0.2, 0.25) is 0 Å². The third-order valence-corrected chi connectivity index (χ3v) is 1.64. The number of ether oxygens (including phenoxy) is 2. The van der Waals surface area contributed by atoms with Gasteiger partial charge in [0, 0.05) is 0 Å². The van der Waals surface area contributed by atoms with Gasteiger partial charge in [-0.2, -0.15) is 0 Å². The van der Waals surface area contributed by atoms with Gasteiger partial charge in [0.05, 0.1) is 19.4 Å². The molecule has 1 aromatic carbocycles. The van der Waals surface area contributed by atoms with E-state index in [0.29, 0.717) is 23.8 Å². The van der Waals surface area contributed by atoms with Crippen LogP contribution in [0.4, 0.5) is 5.69 Å². The number of para-hydroxylation sites is 1. The van der Waals surface area contributed by atoms with Crippen molar-refractivity contribution in [3.63, 3.8) is 0 Å². The van der Waals surface area contributed by atoms with Gasteiger partial charge in [-0.15, -0.1) is 0 Å². The van der Waals surface area contributed by atoms with Crippen LogP contribution in [0, 0.1) is 0 Å². The third kappa shape index (κ3) is 2.03. The molecule has 72 valence electrons. The summed E-state index contributed by atoms with van der Waals surface area (Å²) in [5.74, 6) is 6.63. The van der Waals surface area contributed by atoms with Crippen molar-refractivity contribution in [1.82, 2.24) is 0 Å². The second-order valence-electron chi connectivity index (χ2n) is 2.41. The molecule has 1 aromatic rings. The minimum atomic E-state index is 0.602. The van der Waals surface area contributed by atoms with Gasteiger partial charge in [-0.3, -0.25) is 5.84 Å². The van der Waals surface area contributed by atoms with E-state index in [0.717, 1.165) is 0 Å². The second kappa shape index (κ2) is 4.57. The molecule has 0 aliphatic rings. The first-order valence-corrected chi connectivity index (χ1v) is 4.09. The molecule has 0 atom stereocenters. The number of nitrogens with one attached hydrogen (secondary N) is 1. The Hall–Kier alpha value is -1.42. The zero-order chi connectivity index (χ0) is 9.68. The number of methoxy groups -OCH3 is 1. The quantitative estimate of drug-likeness (QED) is 0.545. The van der Waals surface area contributed by atoms with Crippen LogP contribution >= 0.6 is 0 Å². The Kier molecular flexibility index (Phi) is 3.40. The van der Waals surface area contributed by atoms with Gasteiger partial charge in [-0.05, 0) is 19.1 Å². The fraction of sp³-hybridized carbons (Fsp3) is 0.333. The molecule has 0 spiro atoms. The Morgan fingerprint density at radius 1 is 1.46 bits per heavy atom. The molecule has 0 aromatic heterocycles. The maximum absolute atomic E-state index is 5.35. The van der Waals surface area contributed by atoms with Crippen molar-refractivity contribution >= 4 is 5.69 Å². The highest BCUT2D eigenvalue weighted by Crippen LogP contribution is 2.34. The van der Waals surface area contributed by atoms with Crippen LogP contribution in [0.5, 0.6) is 11.5 Å². The van der Waals surface area contributed by atoms with Crippen molar-refractivity contribution in [2.24, 2.45) is 5.84 Å². The number of rotatable bonds is 4. The predicted octanol–water partition coefficient (Wildman–Crippen LogP) is 1.38. The van der Waals surface area contributed by atoms with Crippen LogP contribution in [0.3, 0.4) is 0 Å². The SMILES string of the molecule is CCOc1cccc(NN)c1OC. The average Bonchev–Trinajstić information content (AvgIpc) is 2.18. The van der Waals surface area contributed by atoms with Crippen molar-refractivity contribution < 1.29 is 9.47 Å². The standard InChI is InChI=1S/C9H14N2O2/c1-3-13-8-6-4-5-7(11-10)9(8)12-2/h4-6,11H,3,10H2,1-2H3. The maximum Gasteiger partial charge on any atom is 0.185 e. The highest BCUT2D eigenvalue weighted by Gasteiger charge is 2.07. The highest BCUT2D eigenvalue weighted by molar-refractivity contribution is 5.62. The normalized spacial score (nSPS) is 9.46. The van der Waals surface area contributed by atoms with E-state index in [9.17, 15) is 0 Å². The molecule has 0 fully saturated rings. The molecule has 0 saturated carbocycles. The molecule has 0 aliphatic carbocycles. The molecule has 3 N–H and O–H groups in total. The summed E-state index contributed by atoms with van der Waals surface area (Å²) in [6, 6.07) is 5.51. The molecule has 0 unspecified atom stereocenters. The summed E-state index contributed by atoms with van der Waals surface area (Å²) in [7, 11) is 1.58. The van der Waals surface area contributed by atoms with E-state index in [1.54, 1.807) is 7.11 Å². The Morgan fingerprint density at radius 2 is 2.23 bits per heavy atom. The Labute approximate surface area is 77.6 Å². The van der Waals surface area contributed by atoms with E-state index in [-0.39, 0.29) is 0 Å². The molecule has 4 heteroatoms. The molecule has 0 radical (unpaired) electrons. The summed E-state index contributed by atoms with van der Waals surface area (Å²) in [6.45, 7) is 2.52. The van der Waals surface area contributed by atoms with Crippen LogP contribution in [0.1, 0.15) is 6.92 Å². The summed E-state index contributed by atoms with van der Waals surface area (Å²) < 4.78 is 10.5. The van der Waals surface area contributed by atoms with Gasteiger partial charge >= 0.3 is 0 Å². The van der Waals surface area contributed by atoms with Gasteiger partial charge in [-0.25, -0.2) is 0 Å². The lowest BCUT2D eigenvalue weighted by Crippen LogP contribution is -2.08. The van der Waals surface area contributed by atoms with Crippen LogP contribution in [-0.4, -0.2) is 13.7 Å². The molecular formula is C9H14N2O2. The van der Waals surface area contributed by atoms with Crippen molar-refractivity contribution in [1.29, 1.82) is 0 Å². The monoisotopic (exact) mass is 182 g/mol. The van der Waals surface area contributed by atoms with Gasteiger partial charge in [0.15, 0.2) is 11.5 Å². The fourth-order valence-electron chi connectivity index (χ4n) is 1.11. The van der Waals surface area contributed by atoms with Gasteiger partial charge < -0.3 is 14.9 Å². The first-order chi connectivity index (χ1) is 6.33. The van der Waals surface area contributed by atoms with Crippen molar-refractivity contribution in [2.45, 2.75) is 6.92 Å². The number of hydrogen-bond acceptors (Lipinski definition) is 4. The minimum Gasteiger partial charge on any atom is -0.491 e. The van der Waals surface area contributed by atoms with Crippen molar-refractivity contribution in [2.75, 3.05) is 19.1 Å². The van der Waals surface area contributed by atoms with E-state index in [4.69, 9.17) is 15.3 Å². The number of benzene rings is 1. The lowest BCUT2D eigenvalue weighted by molar-refractivity contribution is 0.312. The lowest BCUT2D eigenvalue weighted by Gasteiger charge is -2.12. The Morgan fingerprint density at radius 3 is 2.77 bits per heavy atom. The molecular weight excluding hydrogens is 168 g/mol. The molecule has 1 rings (SSSR count). The molecule has 0 aliphatic heterocycles. The van der Waals surface area contributed by atoms with E-state index >= 15 is 0 Å². The second-order valence-corrected chi connectivity index (χ2v) is 2.41. The minimum absolute atomic E-state index is 0.602. The van der Waals surface area contributed by atoms with Gasteiger partial charge in [0.2, 0.25) is 0 Å². The number of hydrazine groups is 1. The Balaban J connectivity index is 3.03. The zero-order valence-corrected chi connectivity index (χ0v) is 7.83. The van der Waals surface area contributed by atoms with Crippen molar-refractivity contribution in [3.8, 4) is 11.5 Å².